The lowest BCUT2D eigenvalue weighted by Crippen LogP contribution is -2.18. The van der Waals surface area contributed by atoms with Crippen LogP contribution in [-0.2, 0) is 4.74 Å². The molecule has 1 fully saturated rings. The SMILES string of the molecule is COc1ccc([C@@H]2COC(=O)N2)cc1OC.Cl. The zero-order chi connectivity index (χ0) is 11.5. The molecule has 2 rings (SSSR count). The highest BCUT2D eigenvalue weighted by molar-refractivity contribution is 5.85. The molecule has 1 heterocycles. The second kappa shape index (κ2) is 5.63. The van der Waals surface area contributed by atoms with Gasteiger partial charge >= 0.3 is 6.09 Å². The van der Waals surface area contributed by atoms with Crippen LogP contribution in [0.1, 0.15) is 11.6 Å². The van der Waals surface area contributed by atoms with E-state index in [1.807, 2.05) is 12.1 Å². The van der Waals surface area contributed by atoms with E-state index in [-0.39, 0.29) is 24.5 Å². The lowest BCUT2D eigenvalue weighted by Gasteiger charge is -2.12. The minimum Gasteiger partial charge on any atom is -0.493 e. The Labute approximate surface area is 105 Å². The van der Waals surface area contributed by atoms with Gasteiger partial charge in [-0.25, -0.2) is 4.79 Å². The van der Waals surface area contributed by atoms with Crippen LogP contribution in [0.4, 0.5) is 4.79 Å². The van der Waals surface area contributed by atoms with E-state index in [0.717, 1.165) is 5.56 Å². The van der Waals surface area contributed by atoms with Gasteiger partial charge in [0.1, 0.15) is 6.61 Å². The number of methoxy groups -OCH3 is 2. The molecule has 1 aromatic rings. The highest BCUT2D eigenvalue weighted by Crippen LogP contribution is 2.30. The largest absolute Gasteiger partial charge is 0.493 e. The fourth-order valence-corrected chi connectivity index (χ4v) is 1.63. The average Bonchev–Trinajstić information content (AvgIpc) is 2.75. The van der Waals surface area contributed by atoms with Gasteiger partial charge in [0.25, 0.3) is 0 Å². The first-order valence-corrected chi connectivity index (χ1v) is 4.90. The number of hydrogen-bond acceptors (Lipinski definition) is 4. The van der Waals surface area contributed by atoms with E-state index >= 15 is 0 Å². The van der Waals surface area contributed by atoms with E-state index in [2.05, 4.69) is 5.32 Å². The molecular weight excluding hydrogens is 246 g/mol. The summed E-state index contributed by atoms with van der Waals surface area (Å²) < 4.78 is 15.1. The lowest BCUT2D eigenvalue weighted by atomic mass is 10.1. The van der Waals surface area contributed by atoms with Gasteiger partial charge in [-0.15, -0.1) is 12.4 Å². The van der Waals surface area contributed by atoms with Gasteiger partial charge < -0.3 is 19.5 Å². The van der Waals surface area contributed by atoms with E-state index in [9.17, 15) is 4.79 Å². The molecule has 1 amide bonds. The molecule has 5 nitrogen and oxygen atoms in total. The number of benzene rings is 1. The number of halogens is 1. The van der Waals surface area contributed by atoms with Gasteiger partial charge in [0.05, 0.1) is 20.3 Å². The number of ether oxygens (including phenoxy) is 3. The number of hydrogen-bond donors (Lipinski definition) is 1. The van der Waals surface area contributed by atoms with Gasteiger partial charge in [0, 0.05) is 0 Å². The van der Waals surface area contributed by atoms with Crippen LogP contribution in [0.2, 0.25) is 0 Å². The standard InChI is InChI=1S/C11H13NO4.ClH/c1-14-9-4-3-7(5-10(9)15-2)8-6-16-11(13)12-8;/h3-5,8H,6H2,1-2H3,(H,12,13);1H/t8-;/m0./s1. The van der Waals surface area contributed by atoms with E-state index in [0.29, 0.717) is 18.1 Å². The second-order valence-electron chi connectivity index (χ2n) is 3.41. The van der Waals surface area contributed by atoms with Crippen LogP contribution in [0.25, 0.3) is 0 Å². The first-order chi connectivity index (χ1) is 7.74. The monoisotopic (exact) mass is 259 g/mol. The van der Waals surface area contributed by atoms with E-state index < -0.39 is 0 Å². The van der Waals surface area contributed by atoms with Crippen molar-refractivity contribution >= 4 is 18.5 Å². The minimum absolute atomic E-state index is 0. The van der Waals surface area contributed by atoms with Crippen molar-refractivity contribution in [2.24, 2.45) is 0 Å². The van der Waals surface area contributed by atoms with Crippen molar-refractivity contribution in [2.45, 2.75) is 6.04 Å². The minimum atomic E-state index is -0.389. The maximum Gasteiger partial charge on any atom is 0.407 e. The first kappa shape index (κ1) is 13.4. The van der Waals surface area contributed by atoms with Crippen molar-refractivity contribution in [3.8, 4) is 11.5 Å². The quantitative estimate of drug-likeness (QED) is 0.901. The number of carbonyl (C=O) groups is 1. The number of alkyl carbamates (subject to hydrolysis) is 1. The normalized spacial score (nSPS) is 17.8. The summed E-state index contributed by atoms with van der Waals surface area (Å²) in [4.78, 5) is 10.9. The van der Waals surface area contributed by atoms with Gasteiger partial charge in [-0.1, -0.05) is 6.07 Å². The zero-order valence-electron chi connectivity index (χ0n) is 9.56. The fraction of sp³-hybridized carbons (Fsp3) is 0.364. The van der Waals surface area contributed by atoms with Gasteiger partial charge in [-0.05, 0) is 17.7 Å². The van der Waals surface area contributed by atoms with Gasteiger partial charge in [0.15, 0.2) is 11.5 Å². The third kappa shape index (κ3) is 2.74. The molecule has 1 aliphatic heterocycles. The molecular formula is C11H14ClNO4. The first-order valence-electron chi connectivity index (χ1n) is 4.90. The van der Waals surface area contributed by atoms with Crippen LogP contribution >= 0.6 is 12.4 Å². The summed E-state index contributed by atoms with van der Waals surface area (Å²) in [5.74, 6) is 1.30. The Morgan fingerprint density at radius 3 is 2.53 bits per heavy atom. The Kier molecular flexibility index (Phi) is 4.45. The summed E-state index contributed by atoms with van der Waals surface area (Å²) in [6, 6.07) is 5.39. The maximum absolute atomic E-state index is 10.9. The molecule has 94 valence electrons. The van der Waals surface area contributed by atoms with Crippen LogP contribution < -0.4 is 14.8 Å². The smallest absolute Gasteiger partial charge is 0.407 e. The van der Waals surface area contributed by atoms with Crippen molar-refractivity contribution in [3.63, 3.8) is 0 Å². The summed E-state index contributed by atoms with van der Waals surface area (Å²) in [5, 5.41) is 2.70. The van der Waals surface area contributed by atoms with Crippen molar-refractivity contribution in [3.05, 3.63) is 23.8 Å². The van der Waals surface area contributed by atoms with Gasteiger partial charge in [0.2, 0.25) is 0 Å². The summed E-state index contributed by atoms with van der Waals surface area (Å²) >= 11 is 0. The summed E-state index contributed by atoms with van der Waals surface area (Å²) in [6.45, 7) is 0.342. The zero-order valence-corrected chi connectivity index (χ0v) is 10.4. The van der Waals surface area contributed by atoms with Crippen LogP contribution in [0, 0.1) is 0 Å². The summed E-state index contributed by atoms with van der Waals surface area (Å²) in [5.41, 5.74) is 0.934. The fourth-order valence-electron chi connectivity index (χ4n) is 1.63. The van der Waals surface area contributed by atoms with Gasteiger partial charge in [-0.2, -0.15) is 0 Å². The molecule has 0 unspecified atom stereocenters. The van der Waals surface area contributed by atoms with Crippen molar-refractivity contribution < 1.29 is 19.0 Å². The Bertz CT molecular complexity index is 410. The Morgan fingerprint density at radius 1 is 1.29 bits per heavy atom. The highest BCUT2D eigenvalue weighted by Gasteiger charge is 2.24. The molecule has 1 aromatic carbocycles. The molecule has 0 bridgehead atoms. The number of amides is 1. The van der Waals surface area contributed by atoms with Crippen LogP contribution in [0.15, 0.2) is 18.2 Å². The predicted molar refractivity (Wildman–Crippen MR) is 64.0 cm³/mol. The van der Waals surface area contributed by atoms with Gasteiger partial charge in [-0.3, -0.25) is 0 Å². The molecule has 0 radical (unpaired) electrons. The summed E-state index contributed by atoms with van der Waals surface area (Å²) in [6.07, 6.45) is -0.389. The lowest BCUT2D eigenvalue weighted by molar-refractivity contribution is 0.177. The molecule has 6 heteroatoms. The number of nitrogens with one attached hydrogen (secondary N) is 1. The summed E-state index contributed by atoms with van der Waals surface area (Å²) in [7, 11) is 3.16. The van der Waals surface area contributed by atoms with E-state index in [4.69, 9.17) is 14.2 Å². The second-order valence-corrected chi connectivity index (χ2v) is 3.41. The molecule has 0 spiro atoms. The number of cyclic esters (lactones) is 1. The van der Waals surface area contributed by atoms with Crippen molar-refractivity contribution in [1.29, 1.82) is 0 Å². The van der Waals surface area contributed by atoms with Crippen LogP contribution in [0.3, 0.4) is 0 Å². The van der Waals surface area contributed by atoms with Crippen molar-refractivity contribution in [1.82, 2.24) is 5.32 Å². The highest BCUT2D eigenvalue weighted by atomic mass is 35.5. The van der Waals surface area contributed by atoms with Crippen LogP contribution in [0.5, 0.6) is 11.5 Å². The molecule has 1 N–H and O–H groups in total. The van der Waals surface area contributed by atoms with Crippen LogP contribution in [-0.4, -0.2) is 26.9 Å². The average molecular weight is 260 g/mol. The number of carbonyl (C=O) groups excluding carboxylic acids is 1. The molecule has 1 aliphatic rings. The molecule has 0 aliphatic carbocycles. The number of rotatable bonds is 3. The third-order valence-corrected chi connectivity index (χ3v) is 2.48. The maximum atomic E-state index is 10.9. The molecule has 0 saturated carbocycles. The Morgan fingerprint density at radius 2 is 2.00 bits per heavy atom. The predicted octanol–water partition coefficient (Wildman–Crippen LogP) is 1.91. The third-order valence-electron chi connectivity index (χ3n) is 2.48. The molecule has 0 aromatic heterocycles. The molecule has 1 saturated heterocycles. The Hall–Kier alpha value is -1.62. The Balaban J connectivity index is 0.00000144. The topological polar surface area (TPSA) is 56.8 Å². The van der Waals surface area contributed by atoms with Crippen molar-refractivity contribution in [2.75, 3.05) is 20.8 Å². The van der Waals surface area contributed by atoms with E-state index in [1.54, 1.807) is 20.3 Å². The molecule has 17 heavy (non-hydrogen) atoms. The molecule has 1 atom stereocenters. The van der Waals surface area contributed by atoms with E-state index in [1.165, 1.54) is 0 Å².